The van der Waals surface area contributed by atoms with Crippen molar-refractivity contribution in [3.8, 4) is 0 Å². The summed E-state index contributed by atoms with van der Waals surface area (Å²) < 4.78 is 10.8. The van der Waals surface area contributed by atoms with Gasteiger partial charge in [0.2, 0.25) is 0 Å². The predicted octanol–water partition coefficient (Wildman–Crippen LogP) is 7.20. The van der Waals surface area contributed by atoms with Crippen LogP contribution in [0.4, 0.5) is 0 Å². The molecule has 2 unspecified atom stereocenters. The van der Waals surface area contributed by atoms with Gasteiger partial charge in [-0.1, -0.05) is 80.3 Å². The molecule has 2 saturated heterocycles. The van der Waals surface area contributed by atoms with Gasteiger partial charge in [-0.15, -0.1) is 0 Å². The van der Waals surface area contributed by atoms with E-state index in [1.165, 1.54) is 37.2 Å². The highest BCUT2D eigenvalue weighted by atomic mass is 33.1. The number of hydrogen-bond acceptors (Lipinski definition) is 8. The molecule has 0 aliphatic carbocycles. The van der Waals surface area contributed by atoms with Gasteiger partial charge in [-0.25, -0.2) is 0 Å². The van der Waals surface area contributed by atoms with Crippen molar-refractivity contribution in [3.63, 3.8) is 0 Å². The van der Waals surface area contributed by atoms with Crippen LogP contribution in [-0.4, -0.2) is 33.9 Å². The molecule has 3 rings (SSSR count). The van der Waals surface area contributed by atoms with E-state index >= 15 is 0 Å². The average Bonchev–Trinajstić information content (AvgIpc) is 3.52. The van der Waals surface area contributed by atoms with Gasteiger partial charge in [-0.05, 0) is 49.7 Å². The largest absolute Gasteiger partial charge is 0.461 e. The van der Waals surface area contributed by atoms with E-state index in [-0.39, 0.29) is 11.9 Å². The highest BCUT2D eigenvalue weighted by molar-refractivity contribution is 8.77. The zero-order valence-electron chi connectivity index (χ0n) is 18.6. The third-order valence-electron chi connectivity index (χ3n) is 5.59. The zero-order valence-corrected chi connectivity index (χ0v) is 21.9. The van der Waals surface area contributed by atoms with Gasteiger partial charge in [0, 0.05) is 34.8 Å². The number of benzene rings is 1. The Morgan fingerprint density at radius 3 is 1.53 bits per heavy atom. The van der Waals surface area contributed by atoms with Gasteiger partial charge in [0.05, 0.1) is 0 Å². The van der Waals surface area contributed by atoms with Crippen molar-refractivity contribution in [1.29, 1.82) is 0 Å². The van der Waals surface area contributed by atoms with Gasteiger partial charge in [0.15, 0.2) is 0 Å². The summed E-state index contributed by atoms with van der Waals surface area (Å²) in [6.07, 6.45) is 10.0. The molecule has 2 heterocycles. The molecule has 0 radical (unpaired) electrons. The third-order valence-corrected chi connectivity index (χ3v) is 11.6. The molecule has 0 saturated carbocycles. The highest BCUT2D eigenvalue weighted by Gasteiger charge is 2.17. The average molecular weight is 515 g/mol. The smallest absolute Gasteiger partial charge is 0.306 e. The topological polar surface area (TPSA) is 52.6 Å². The molecule has 32 heavy (non-hydrogen) atoms. The number of carbonyl (C=O) groups is 2. The van der Waals surface area contributed by atoms with E-state index < -0.39 is 0 Å². The second-order valence-corrected chi connectivity index (χ2v) is 13.9. The molecular weight excluding hydrogens is 481 g/mol. The molecule has 0 aromatic heterocycles. The van der Waals surface area contributed by atoms with Crippen LogP contribution in [0.15, 0.2) is 24.3 Å². The van der Waals surface area contributed by atoms with Crippen LogP contribution < -0.4 is 0 Å². The van der Waals surface area contributed by atoms with Crippen LogP contribution in [0.5, 0.6) is 0 Å². The van der Waals surface area contributed by atoms with Crippen molar-refractivity contribution < 1.29 is 19.1 Å². The summed E-state index contributed by atoms with van der Waals surface area (Å²) in [4.78, 5) is 23.9. The normalized spacial score (nSPS) is 20.4. The molecule has 4 nitrogen and oxygen atoms in total. The van der Waals surface area contributed by atoms with E-state index in [0.717, 1.165) is 47.3 Å². The Kier molecular flexibility index (Phi) is 12.6. The summed E-state index contributed by atoms with van der Waals surface area (Å²) in [6.45, 7) is 0.595. The Morgan fingerprint density at radius 2 is 1.16 bits per heavy atom. The summed E-state index contributed by atoms with van der Waals surface area (Å²) in [5, 5.41) is 1.54. The number of unbranched alkanes of at least 4 members (excludes halogenated alkanes) is 2. The van der Waals surface area contributed by atoms with E-state index in [1.54, 1.807) is 0 Å². The number of carbonyl (C=O) groups excluding carboxylic acids is 2. The van der Waals surface area contributed by atoms with Gasteiger partial charge in [0.25, 0.3) is 0 Å². The maximum atomic E-state index is 11.9. The monoisotopic (exact) mass is 514 g/mol. The van der Waals surface area contributed by atoms with Gasteiger partial charge in [-0.3, -0.25) is 9.59 Å². The minimum absolute atomic E-state index is 0.123. The van der Waals surface area contributed by atoms with Crippen molar-refractivity contribution in [1.82, 2.24) is 0 Å². The first-order valence-electron chi connectivity index (χ1n) is 11.6. The Morgan fingerprint density at radius 1 is 0.719 bits per heavy atom. The Bertz CT molecular complexity index is 627. The van der Waals surface area contributed by atoms with E-state index in [0.29, 0.717) is 26.1 Å². The second-order valence-electron chi connectivity index (χ2n) is 8.29. The Labute approximate surface area is 208 Å². The molecule has 0 amide bonds. The molecule has 0 bridgehead atoms. The summed E-state index contributed by atoms with van der Waals surface area (Å²) in [5.74, 6) is 2.28. The van der Waals surface area contributed by atoms with Crippen molar-refractivity contribution in [3.05, 3.63) is 35.4 Å². The van der Waals surface area contributed by atoms with Crippen LogP contribution >= 0.6 is 43.2 Å². The quantitative estimate of drug-likeness (QED) is 0.147. The fourth-order valence-corrected chi connectivity index (χ4v) is 9.67. The number of hydrogen-bond donors (Lipinski definition) is 0. The van der Waals surface area contributed by atoms with E-state index in [9.17, 15) is 9.59 Å². The van der Waals surface area contributed by atoms with Gasteiger partial charge >= 0.3 is 11.9 Å². The van der Waals surface area contributed by atoms with Crippen LogP contribution in [-0.2, 0) is 32.3 Å². The molecular formula is C24H34O4S4. The minimum atomic E-state index is -0.123. The molecule has 2 aliphatic rings. The van der Waals surface area contributed by atoms with E-state index in [1.807, 2.05) is 67.4 Å². The zero-order chi connectivity index (χ0) is 22.4. The lowest BCUT2D eigenvalue weighted by molar-refractivity contribution is -0.146. The SMILES string of the molecule is O=C(CCCCC1CCSS1)OCc1ccc(COC(=O)CCCCC2CCSS2)cc1. The number of rotatable bonds is 14. The minimum Gasteiger partial charge on any atom is -0.461 e. The summed E-state index contributed by atoms with van der Waals surface area (Å²) >= 11 is 0. The Hall–Kier alpha value is -0.440. The fourth-order valence-electron chi connectivity index (χ4n) is 3.62. The van der Waals surface area contributed by atoms with Gasteiger partial charge in [-0.2, -0.15) is 0 Å². The van der Waals surface area contributed by atoms with Crippen molar-refractivity contribution in [2.75, 3.05) is 11.5 Å². The van der Waals surface area contributed by atoms with Gasteiger partial charge < -0.3 is 9.47 Å². The molecule has 0 spiro atoms. The van der Waals surface area contributed by atoms with Crippen LogP contribution in [0.2, 0.25) is 0 Å². The lowest BCUT2D eigenvalue weighted by Gasteiger charge is -2.09. The summed E-state index contributed by atoms with van der Waals surface area (Å²) in [7, 11) is 7.92. The van der Waals surface area contributed by atoms with Crippen molar-refractivity contribution >= 4 is 55.1 Å². The summed E-state index contributed by atoms with van der Waals surface area (Å²) in [6, 6.07) is 7.73. The molecule has 1 aromatic rings. The standard InChI is InChI=1S/C24H34O4S4/c25-23(7-3-1-5-21-13-15-29-31-21)27-17-19-9-11-20(12-10-19)18-28-24(26)8-4-2-6-22-14-16-30-32-22/h9-12,21-22H,1-8,13-18H2. The van der Waals surface area contributed by atoms with E-state index in [4.69, 9.17) is 9.47 Å². The molecule has 0 N–H and O–H groups in total. The lowest BCUT2D eigenvalue weighted by Crippen LogP contribution is -2.06. The summed E-state index contributed by atoms with van der Waals surface area (Å²) in [5.41, 5.74) is 1.91. The lowest BCUT2D eigenvalue weighted by atomic mass is 10.1. The van der Waals surface area contributed by atoms with E-state index in [2.05, 4.69) is 0 Å². The molecule has 8 heteroatoms. The molecule has 2 fully saturated rings. The van der Waals surface area contributed by atoms with Gasteiger partial charge in [0.1, 0.15) is 13.2 Å². The first-order chi connectivity index (χ1) is 15.7. The van der Waals surface area contributed by atoms with Crippen LogP contribution in [0.25, 0.3) is 0 Å². The molecule has 1 aromatic carbocycles. The molecule has 2 aliphatic heterocycles. The highest BCUT2D eigenvalue weighted by Crippen LogP contribution is 2.40. The van der Waals surface area contributed by atoms with Crippen LogP contribution in [0.3, 0.4) is 0 Å². The fraction of sp³-hybridized carbons (Fsp3) is 0.667. The predicted molar refractivity (Wildman–Crippen MR) is 140 cm³/mol. The first kappa shape index (κ1) is 26.2. The Balaban J connectivity index is 1.21. The van der Waals surface area contributed by atoms with Crippen molar-refractivity contribution in [2.24, 2.45) is 0 Å². The molecule has 2 atom stereocenters. The van der Waals surface area contributed by atoms with Crippen molar-refractivity contribution in [2.45, 2.75) is 87.9 Å². The number of ether oxygens (including phenoxy) is 2. The van der Waals surface area contributed by atoms with Crippen LogP contribution in [0, 0.1) is 0 Å². The maximum Gasteiger partial charge on any atom is 0.306 e. The third kappa shape index (κ3) is 10.7. The second kappa shape index (κ2) is 15.5. The van der Waals surface area contributed by atoms with Crippen LogP contribution in [0.1, 0.15) is 75.3 Å². The number of esters is 2. The maximum absolute atomic E-state index is 11.9. The molecule has 178 valence electrons. The first-order valence-corrected chi connectivity index (χ1v) is 16.4.